The lowest BCUT2D eigenvalue weighted by molar-refractivity contribution is -0.130. The number of nitrogens with one attached hydrogen (secondary N) is 2. The Bertz CT molecular complexity index is 724. The highest BCUT2D eigenvalue weighted by atomic mass is 16.5. The molecule has 0 aliphatic carbocycles. The first-order chi connectivity index (χ1) is 14.0. The maximum absolute atomic E-state index is 12.9. The van der Waals surface area contributed by atoms with Crippen molar-refractivity contribution in [3.05, 3.63) is 11.6 Å². The summed E-state index contributed by atoms with van der Waals surface area (Å²) in [6, 6.07) is 0.435. The van der Waals surface area contributed by atoms with Crippen LogP contribution in [0.1, 0.15) is 50.2 Å². The molecule has 3 aliphatic rings. The van der Waals surface area contributed by atoms with Gasteiger partial charge in [0, 0.05) is 58.3 Å². The number of likely N-dealkylation sites (tertiary alicyclic amines) is 2. The summed E-state index contributed by atoms with van der Waals surface area (Å²) in [4.78, 5) is 33.4. The highest BCUT2D eigenvalue weighted by molar-refractivity contribution is 5.79. The maximum Gasteiger partial charge on any atom is 0.223 e. The van der Waals surface area contributed by atoms with Crippen LogP contribution in [0.25, 0.3) is 0 Å². The van der Waals surface area contributed by atoms with Crippen molar-refractivity contribution in [1.29, 1.82) is 0 Å². The highest BCUT2D eigenvalue weighted by Crippen LogP contribution is 2.30. The molecule has 3 saturated heterocycles. The van der Waals surface area contributed by atoms with E-state index < -0.39 is 0 Å². The zero-order valence-corrected chi connectivity index (χ0v) is 17.4. The monoisotopic (exact) mass is 404 g/mol. The summed E-state index contributed by atoms with van der Waals surface area (Å²) < 4.78 is 5.39. The molecule has 0 unspecified atom stereocenters. The van der Waals surface area contributed by atoms with Crippen molar-refractivity contribution in [2.45, 2.75) is 57.5 Å². The number of piperidine rings is 1. The Morgan fingerprint density at radius 3 is 2.48 bits per heavy atom. The van der Waals surface area contributed by atoms with E-state index in [4.69, 9.17) is 4.74 Å². The van der Waals surface area contributed by atoms with Crippen LogP contribution in [0.4, 0.5) is 0 Å². The normalized spacial score (nSPS) is 27.3. The number of aromatic nitrogens is 3. The van der Waals surface area contributed by atoms with Gasteiger partial charge in [0.15, 0.2) is 5.82 Å². The lowest BCUT2D eigenvalue weighted by Crippen LogP contribution is -2.47. The number of carbonyl (C=O) groups is 2. The quantitative estimate of drug-likeness (QED) is 0.755. The highest BCUT2D eigenvalue weighted by Gasteiger charge is 2.41. The van der Waals surface area contributed by atoms with Gasteiger partial charge >= 0.3 is 0 Å². The Morgan fingerprint density at radius 1 is 1.14 bits per heavy atom. The molecule has 2 N–H and O–H groups in total. The summed E-state index contributed by atoms with van der Waals surface area (Å²) in [5.41, 5.74) is 0. The van der Waals surface area contributed by atoms with Gasteiger partial charge in [0.1, 0.15) is 5.82 Å². The van der Waals surface area contributed by atoms with Crippen molar-refractivity contribution < 1.29 is 14.3 Å². The molecule has 1 aromatic rings. The van der Waals surface area contributed by atoms with Crippen LogP contribution in [0.2, 0.25) is 0 Å². The number of hydrogen-bond acceptors (Lipinski definition) is 6. The van der Waals surface area contributed by atoms with Gasteiger partial charge in [-0.1, -0.05) is 0 Å². The van der Waals surface area contributed by atoms with Crippen molar-refractivity contribution in [1.82, 2.24) is 30.3 Å². The number of ether oxygens (including phenoxy) is 1. The Hall–Kier alpha value is -2.00. The minimum absolute atomic E-state index is 0.00591. The second-order valence-corrected chi connectivity index (χ2v) is 8.58. The van der Waals surface area contributed by atoms with Gasteiger partial charge in [-0.15, -0.1) is 0 Å². The van der Waals surface area contributed by atoms with Crippen molar-refractivity contribution >= 4 is 11.8 Å². The van der Waals surface area contributed by atoms with E-state index in [0.29, 0.717) is 19.3 Å². The van der Waals surface area contributed by atoms with Gasteiger partial charge < -0.3 is 15.0 Å². The fourth-order valence-corrected chi connectivity index (χ4v) is 4.87. The average molecular weight is 405 g/mol. The zero-order valence-electron chi connectivity index (χ0n) is 17.4. The molecule has 160 valence electrons. The minimum atomic E-state index is 0.00591. The number of amides is 2. The molecule has 29 heavy (non-hydrogen) atoms. The van der Waals surface area contributed by atoms with Crippen LogP contribution in [-0.2, 0) is 14.3 Å². The minimum Gasteiger partial charge on any atom is -0.381 e. The third-order valence-electron chi connectivity index (χ3n) is 6.64. The molecular weight excluding hydrogens is 372 g/mol. The van der Waals surface area contributed by atoms with E-state index in [9.17, 15) is 9.59 Å². The summed E-state index contributed by atoms with van der Waals surface area (Å²) in [5, 5.41) is 10.6. The molecule has 9 nitrogen and oxygen atoms in total. The van der Waals surface area contributed by atoms with Gasteiger partial charge in [-0.3, -0.25) is 19.6 Å². The van der Waals surface area contributed by atoms with Crippen molar-refractivity contribution in [2.24, 2.45) is 5.92 Å². The van der Waals surface area contributed by atoms with Crippen LogP contribution < -0.4 is 5.32 Å². The largest absolute Gasteiger partial charge is 0.381 e. The summed E-state index contributed by atoms with van der Waals surface area (Å²) in [6.45, 7) is 8.11. The second kappa shape index (κ2) is 8.79. The fraction of sp³-hybridized carbons (Fsp3) is 0.800. The third-order valence-corrected chi connectivity index (χ3v) is 6.64. The zero-order chi connectivity index (χ0) is 20.4. The molecule has 0 spiro atoms. The van der Waals surface area contributed by atoms with Gasteiger partial charge in [0.25, 0.3) is 0 Å². The average Bonchev–Trinajstić information content (AvgIpc) is 3.35. The van der Waals surface area contributed by atoms with E-state index in [2.05, 4.69) is 25.4 Å². The molecule has 0 radical (unpaired) electrons. The van der Waals surface area contributed by atoms with Crippen LogP contribution in [0, 0.1) is 12.8 Å². The lowest BCUT2D eigenvalue weighted by atomic mass is 9.97. The molecule has 2 amide bonds. The Balaban J connectivity index is 1.43. The summed E-state index contributed by atoms with van der Waals surface area (Å²) in [5.74, 6) is 1.97. The SMILES string of the molecule is CC(=O)N1CCC(N2C[C@@H](NC(=O)C3CCOCC3)[C@H](c3n[nH]c(C)n3)C2)CC1. The fourth-order valence-electron chi connectivity index (χ4n) is 4.87. The second-order valence-electron chi connectivity index (χ2n) is 8.58. The topological polar surface area (TPSA) is 103 Å². The summed E-state index contributed by atoms with van der Waals surface area (Å²) in [7, 11) is 0. The van der Waals surface area contributed by atoms with Gasteiger partial charge in [0.2, 0.25) is 11.8 Å². The Kier molecular flexibility index (Phi) is 6.15. The number of nitrogens with zero attached hydrogens (tertiary/aromatic N) is 4. The molecule has 3 fully saturated rings. The van der Waals surface area contributed by atoms with Crippen molar-refractivity contribution in [3.63, 3.8) is 0 Å². The molecule has 0 aromatic carbocycles. The van der Waals surface area contributed by atoms with E-state index >= 15 is 0 Å². The van der Waals surface area contributed by atoms with Crippen LogP contribution in [0.3, 0.4) is 0 Å². The van der Waals surface area contributed by atoms with E-state index in [1.165, 1.54) is 0 Å². The first-order valence-electron chi connectivity index (χ1n) is 10.8. The number of carbonyl (C=O) groups excluding carboxylic acids is 2. The number of aromatic amines is 1. The number of hydrogen-bond donors (Lipinski definition) is 2. The summed E-state index contributed by atoms with van der Waals surface area (Å²) in [6.07, 6.45) is 3.52. The Labute approximate surface area is 171 Å². The predicted octanol–water partition coefficient (Wildman–Crippen LogP) is 0.435. The van der Waals surface area contributed by atoms with Crippen LogP contribution in [0.5, 0.6) is 0 Å². The van der Waals surface area contributed by atoms with Crippen LogP contribution >= 0.6 is 0 Å². The van der Waals surface area contributed by atoms with E-state index in [1.54, 1.807) is 6.92 Å². The molecule has 1 aromatic heterocycles. The number of H-pyrrole nitrogens is 1. The van der Waals surface area contributed by atoms with E-state index in [1.807, 2.05) is 11.8 Å². The smallest absolute Gasteiger partial charge is 0.223 e. The molecule has 2 atom stereocenters. The molecule has 4 heterocycles. The third kappa shape index (κ3) is 4.61. The molecule has 9 heteroatoms. The molecule has 3 aliphatic heterocycles. The molecule has 0 saturated carbocycles. The molecular formula is C20H32N6O3. The molecule has 4 rings (SSSR count). The predicted molar refractivity (Wildman–Crippen MR) is 106 cm³/mol. The first kappa shape index (κ1) is 20.3. The van der Waals surface area contributed by atoms with Gasteiger partial charge in [-0.25, -0.2) is 4.98 Å². The van der Waals surface area contributed by atoms with Crippen LogP contribution in [0.15, 0.2) is 0 Å². The maximum atomic E-state index is 12.9. The lowest BCUT2D eigenvalue weighted by Gasteiger charge is -2.36. The number of aryl methyl sites for hydroxylation is 1. The van der Waals surface area contributed by atoms with Gasteiger partial charge in [-0.2, -0.15) is 5.10 Å². The Morgan fingerprint density at radius 2 is 1.86 bits per heavy atom. The first-order valence-corrected chi connectivity index (χ1v) is 10.8. The summed E-state index contributed by atoms with van der Waals surface area (Å²) >= 11 is 0. The van der Waals surface area contributed by atoms with Crippen molar-refractivity contribution in [2.75, 3.05) is 39.4 Å². The van der Waals surface area contributed by atoms with Crippen LogP contribution in [-0.4, -0.2) is 88.3 Å². The molecule has 0 bridgehead atoms. The number of rotatable bonds is 4. The standard InChI is InChI=1S/C20H32N6O3/c1-13-21-19(24-23-13)17-11-26(16-3-7-25(8-4-16)14(2)27)12-18(17)22-20(28)15-5-9-29-10-6-15/h15-18H,3-12H2,1-2H3,(H,22,28)(H,21,23,24)/t17-,18-/m1/s1. The van der Waals surface area contributed by atoms with Gasteiger partial charge in [-0.05, 0) is 32.6 Å². The van der Waals surface area contributed by atoms with Crippen molar-refractivity contribution in [3.8, 4) is 0 Å². The van der Waals surface area contributed by atoms with E-state index in [0.717, 1.165) is 63.5 Å². The van der Waals surface area contributed by atoms with Gasteiger partial charge in [0.05, 0.1) is 12.0 Å². The van der Waals surface area contributed by atoms with E-state index in [-0.39, 0.29) is 29.7 Å².